The Balaban J connectivity index is 2.76. The van der Waals surface area contributed by atoms with E-state index in [0.717, 1.165) is 24.5 Å². The third-order valence-corrected chi connectivity index (χ3v) is 2.78. The lowest BCUT2D eigenvalue weighted by Crippen LogP contribution is -2.33. The number of hydrogen-bond donors (Lipinski definition) is 2. The Hall–Kier alpha value is -1.58. The van der Waals surface area contributed by atoms with Gasteiger partial charge in [0.25, 0.3) is 5.91 Å². The molecule has 1 unspecified atom stereocenters. The lowest BCUT2D eigenvalue weighted by atomic mass is 10.0. The molecule has 0 saturated carbocycles. The lowest BCUT2D eigenvalue weighted by Gasteiger charge is -2.16. The molecule has 0 aliphatic rings. The zero-order valence-corrected chi connectivity index (χ0v) is 12.6. The molecule has 4 heteroatoms. The second-order valence-corrected chi connectivity index (χ2v) is 5.42. The van der Waals surface area contributed by atoms with E-state index in [1.165, 1.54) is 0 Å². The van der Waals surface area contributed by atoms with Gasteiger partial charge in [-0.25, -0.2) is 4.98 Å². The van der Waals surface area contributed by atoms with Crippen LogP contribution in [0.25, 0.3) is 0 Å². The highest BCUT2D eigenvalue weighted by Gasteiger charge is 2.12. The van der Waals surface area contributed by atoms with Gasteiger partial charge < -0.3 is 10.6 Å². The maximum atomic E-state index is 12.2. The van der Waals surface area contributed by atoms with Crippen molar-refractivity contribution < 1.29 is 4.79 Å². The van der Waals surface area contributed by atoms with Crippen molar-refractivity contribution >= 4 is 11.7 Å². The summed E-state index contributed by atoms with van der Waals surface area (Å²) in [6.07, 6.45) is 0.982. The number of hydrogen-bond acceptors (Lipinski definition) is 3. The van der Waals surface area contributed by atoms with Crippen LogP contribution in [0.15, 0.2) is 12.1 Å². The molecule has 0 fully saturated rings. The van der Waals surface area contributed by atoms with E-state index in [2.05, 4.69) is 29.5 Å². The van der Waals surface area contributed by atoms with E-state index in [1.54, 1.807) is 6.07 Å². The van der Waals surface area contributed by atoms with Crippen molar-refractivity contribution in [3.05, 3.63) is 23.4 Å². The van der Waals surface area contributed by atoms with Crippen LogP contribution in [0.1, 0.15) is 50.2 Å². The summed E-state index contributed by atoms with van der Waals surface area (Å²) in [6.45, 7) is 11.0. The standard InChI is InChI=1S/C15H25N3O/c1-6-16-14-9-13(8-12(5)17-14)15(19)18-11(4)7-10(2)3/h8-11H,6-7H2,1-5H3,(H,16,17)(H,18,19). The maximum absolute atomic E-state index is 12.2. The van der Waals surface area contributed by atoms with Gasteiger partial charge in [0, 0.05) is 23.8 Å². The lowest BCUT2D eigenvalue weighted by molar-refractivity contribution is 0.0936. The summed E-state index contributed by atoms with van der Waals surface area (Å²) in [6, 6.07) is 3.80. The van der Waals surface area contributed by atoms with Crippen molar-refractivity contribution in [2.45, 2.75) is 47.1 Å². The van der Waals surface area contributed by atoms with Crippen LogP contribution >= 0.6 is 0 Å². The first kappa shape index (κ1) is 15.5. The second kappa shape index (κ2) is 7.12. The highest BCUT2D eigenvalue weighted by Crippen LogP contribution is 2.11. The number of amides is 1. The molecule has 2 N–H and O–H groups in total. The molecular formula is C15H25N3O. The average molecular weight is 263 g/mol. The molecule has 1 atom stereocenters. The second-order valence-electron chi connectivity index (χ2n) is 5.42. The summed E-state index contributed by atoms with van der Waals surface area (Å²) in [5.74, 6) is 1.30. The minimum atomic E-state index is -0.0298. The van der Waals surface area contributed by atoms with E-state index in [4.69, 9.17) is 0 Å². The number of carbonyl (C=O) groups excluding carboxylic acids is 1. The van der Waals surface area contributed by atoms with Crippen molar-refractivity contribution in [1.82, 2.24) is 10.3 Å². The fourth-order valence-corrected chi connectivity index (χ4v) is 2.14. The van der Waals surface area contributed by atoms with Crippen LogP contribution in [0.5, 0.6) is 0 Å². The molecule has 0 bridgehead atoms. The minimum absolute atomic E-state index is 0.0298. The molecule has 19 heavy (non-hydrogen) atoms. The molecular weight excluding hydrogens is 238 g/mol. The fourth-order valence-electron chi connectivity index (χ4n) is 2.14. The third-order valence-electron chi connectivity index (χ3n) is 2.78. The molecule has 1 amide bonds. The highest BCUT2D eigenvalue weighted by atomic mass is 16.1. The zero-order chi connectivity index (χ0) is 14.4. The zero-order valence-electron chi connectivity index (χ0n) is 12.6. The quantitative estimate of drug-likeness (QED) is 0.829. The summed E-state index contributed by atoms with van der Waals surface area (Å²) in [5, 5.41) is 6.17. The first-order chi connectivity index (χ1) is 8.92. The molecule has 106 valence electrons. The molecule has 4 nitrogen and oxygen atoms in total. The highest BCUT2D eigenvalue weighted by molar-refractivity contribution is 5.95. The molecule has 1 heterocycles. The number of nitrogens with zero attached hydrogens (tertiary/aromatic N) is 1. The normalized spacial score (nSPS) is 12.3. The van der Waals surface area contributed by atoms with Gasteiger partial charge in [-0.3, -0.25) is 4.79 Å². The average Bonchev–Trinajstić information content (AvgIpc) is 2.27. The van der Waals surface area contributed by atoms with Crippen molar-refractivity contribution in [2.75, 3.05) is 11.9 Å². The Morgan fingerprint density at radius 3 is 2.58 bits per heavy atom. The molecule has 0 radical (unpaired) electrons. The van der Waals surface area contributed by atoms with Gasteiger partial charge in [-0.1, -0.05) is 13.8 Å². The van der Waals surface area contributed by atoms with Gasteiger partial charge in [0.1, 0.15) is 5.82 Å². The van der Waals surface area contributed by atoms with Crippen LogP contribution < -0.4 is 10.6 Å². The van der Waals surface area contributed by atoms with Crippen LogP contribution in [0.4, 0.5) is 5.82 Å². The van der Waals surface area contributed by atoms with E-state index < -0.39 is 0 Å². The summed E-state index contributed by atoms with van der Waals surface area (Å²) in [5.41, 5.74) is 1.51. The molecule has 0 saturated heterocycles. The van der Waals surface area contributed by atoms with Crippen molar-refractivity contribution in [3.8, 4) is 0 Å². The largest absolute Gasteiger partial charge is 0.370 e. The van der Waals surface area contributed by atoms with Gasteiger partial charge in [-0.15, -0.1) is 0 Å². The number of pyridine rings is 1. The minimum Gasteiger partial charge on any atom is -0.370 e. The number of nitrogens with one attached hydrogen (secondary N) is 2. The number of aryl methyl sites for hydroxylation is 1. The smallest absolute Gasteiger partial charge is 0.251 e. The Bertz CT molecular complexity index is 429. The first-order valence-electron chi connectivity index (χ1n) is 6.95. The van der Waals surface area contributed by atoms with Gasteiger partial charge in [-0.2, -0.15) is 0 Å². The van der Waals surface area contributed by atoms with Crippen LogP contribution in [-0.4, -0.2) is 23.5 Å². The summed E-state index contributed by atoms with van der Waals surface area (Å²) in [7, 11) is 0. The predicted molar refractivity (Wildman–Crippen MR) is 79.5 cm³/mol. The topological polar surface area (TPSA) is 54.0 Å². The third kappa shape index (κ3) is 5.28. The van der Waals surface area contributed by atoms with E-state index in [-0.39, 0.29) is 11.9 Å². The Labute approximate surface area is 116 Å². The Morgan fingerprint density at radius 2 is 2.00 bits per heavy atom. The molecule has 1 aromatic heterocycles. The van der Waals surface area contributed by atoms with E-state index >= 15 is 0 Å². The maximum Gasteiger partial charge on any atom is 0.251 e. The van der Waals surface area contributed by atoms with Crippen LogP contribution in [0.3, 0.4) is 0 Å². The van der Waals surface area contributed by atoms with Crippen LogP contribution in [0.2, 0.25) is 0 Å². The van der Waals surface area contributed by atoms with Gasteiger partial charge in [0.15, 0.2) is 0 Å². The first-order valence-corrected chi connectivity index (χ1v) is 6.95. The summed E-state index contributed by atoms with van der Waals surface area (Å²) in [4.78, 5) is 16.5. The molecule has 0 spiro atoms. The molecule has 1 rings (SSSR count). The van der Waals surface area contributed by atoms with E-state index in [1.807, 2.05) is 26.8 Å². The van der Waals surface area contributed by atoms with Crippen molar-refractivity contribution in [2.24, 2.45) is 5.92 Å². The SMILES string of the molecule is CCNc1cc(C(=O)NC(C)CC(C)C)cc(C)n1. The summed E-state index contributed by atoms with van der Waals surface area (Å²) < 4.78 is 0. The monoisotopic (exact) mass is 263 g/mol. The molecule has 0 aromatic carbocycles. The van der Waals surface area contributed by atoms with Gasteiger partial charge in [0.05, 0.1) is 0 Å². The van der Waals surface area contributed by atoms with Gasteiger partial charge >= 0.3 is 0 Å². The van der Waals surface area contributed by atoms with Crippen LogP contribution in [-0.2, 0) is 0 Å². The molecule has 0 aliphatic carbocycles. The number of rotatable bonds is 6. The number of carbonyl (C=O) groups is 1. The van der Waals surface area contributed by atoms with Gasteiger partial charge in [-0.05, 0) is 45.2 Å². The van der Waals surface area contributed by atoms with E-state index in [9.17, 15) is 4.79 Å². The predicted octanol–water partition coefficient (Wildman–Crippen LogP) is 2.99. The van der Waals surface area contributed by atoms with Gasteiger partial charge in [0.2, 0.25) is 0 Å². The number of anilines is 1. The molecule has 0 aliphatic heterocycles. The van der Waals surface area contributed by atoms with Crippen molar-refractivity contribution in [1.29, 1.82) is 0 Å². The Morgan fingerprint density at radius 1 is 1.32 bits per heavy atom. The van der Waals surface area contributed by atoms with Crippen LogP contribution in [0, 0.1) is 12.8 Å². The molecule has 1 aromatic rings. The Kier molecular flexibility index (Phi) is 5.80. The fraction of sp³-hybridized carbons (Fsp3) is 0.600. The van der Waals surface area contributed by atoms with Crippen molar-refractivity contribution in [3.63, 3.8) is 0 Å². The number of aromatic nitrogens is 1. The summed E-state index contributed by atoms with van der Waals surface area (Å²) >= 11 is 0. The van der Waals surface area contributed by atoms with E-state index in [0.29, 0.717) is 11.5 Å².